The molecule has 0 aromatic heterocycles. The first-order valence-corrected chi connectivity index (χ1v) is 10.5. The fraction of sp³-hybridized carbons (Fsp3) is 0.200. The van der Waals surface area contributed by atoms with Gasteiger partial charge in [0, 0.05) is 23.1 Å². The topological polar surface area (TPSA) is 105 Å². The number of amides is 3. The summed E-state index contributed by atoms with van der Waals surface area (Å²) in [5.74, 6) is -2.72. The lowest BCUT2D eigenvalue weighted by atomic mass is 10.1. The van der Waals surface area contributed by atoms with Gasteiger partial charge in [0.15, 0.2) is 6.61 Å². The highest BCUT2D eigenvalue weighted by atomic mass is 16.5. The number of nitrogens with one attached hydrogen (secondary N) is 2. The molecule has 2 N–H and O–H groups in total. The number of benzene rings is 3. The van der Waals surface area contributed by atoms with Gasteiger partial charge in [-0.1, -0.05) is 54.6 Å². The van der Waals surface area contributed by atoms with Gasteiger partial charge in [0.05, 0.1) is 12.5 Å². The summed E-state index contributed by atoms with van der Waals surface area (Å²) in [5, 5.41) is 5.72. The van der Waals surface area contributed by atoms with E-state index < -0.39 is 30.3 Å². The Bertz CT molecular complexity index is 1230. The molecular formula is C25H23N3O5. The molecule has 0 unspecified atom stereocenters. The highest BCUT2D eigenvalue weighted by Gasteiger charge is 2.36. The maximum atomic E-state index is 12.5. The zero-order valence-corrected chi connectivity index (χ0v) is 18.0. The number of ether oxygens (including phenoxy) is 1. The number of hydrogen-bond donors (Lipinski definition) is 2. The van der Waals surface area contributed by atoms with Crippen molar-refractivity contribution in [2.75, 3.05) is 18.5 Å². The molecule has 33 heavy (non-hydrogen) atoms. The molecule has 8 nitrogen and oxygen atoms in total. The van der Waals surface area contributed by atoms with Crippen LogP contribution in [0.3, 0.4) is 0 Å². The van der Waals surface area contributed by atoms with Crippen molar-refractivity contribution in [1.29, 1.82) is 0 Å². The summed E-state index contributed by atoms with van der Waals surface area (Å²) in [6.07, 6.45) is -0.0994. The van der Waals surface area contributed by atoms with Crippen LogP contribution in [0.1, 0.15) is 22.3 Å². The fourth-order valence-electron chi connectivity index (χ4n) is 3.76. The molecule has 1 heterocycles. The maximum absolute atomic E-state index is 12.5. The van der Waals surface area contributed by atoms with E-state index in [4.69, 9.17) is 4.74 Å². The summed E-state index contributed by atoms with van der Waals surface area (Å²) in [6.45, 7) is 1.31. The molecule has 0 spiro atoms. The van der Waals surface area contributed by atoms with E-state index in [9.17, 15) is 19.2 Å². The van der Waals surface area contributed by atoms with Gasteiger partial charge in [-0.25, -0.2) is 0 Å². The van der Waals surface area contributed by atoms with E-state index in [2.05, 4.69) is 10.7 Å². The van der Waals surface area contributed by atoms with Crippen LogP contribution >= 0.6 is 0 Å². The SMILES string of the molecule is Cc1ccccc1C(=O)NN1C[C@@H](C(=O)OCC(=O)Nc2cccc3ccccc23)CC1=O. The third kappa shape index (κ3) is 5.01. The van der Waals surface area contributed by atoms with Crippen molar-refractivity contribution in [2.24, 2.45) is 5.92 Å². The predicted octanol–water partition coefficient (Wildman–Crippen LogP) is 2.82. The molecule has 8 heteroatoms. The van der Waals surface area contributed by atoms with Crippen LogP contribution in [-0.2, 0) is 19.1 Å². The van der Waals surface area contributed by atoms with Crippen molar-refractivity contribution in [3.05, 3.63) is 77.9 Å². The number of esters is 1. The summed E-state index contributed by atoms with van der Waals surface area (Å²) in [4.78, 5) is 49.5. The van der Waals surface area contributed by atoms with E-state index in [0.29, 0.717) is 11.3 Å². The van der Waals surface area contributed by atoms with Gasteiger partial charge in [-0.15, -0.1) is 0 Å². The van der Waals surface area contributed by atoms with Gasteiger partial charge >= 0.3 is 5.97 Å². The monoisotopic (exact) mass is 445 g/mol. The molecule has 0 radical (unpaired) electrons. The van der Waals surface area contributed by atoms with Gasteiger partial charge < -0.3 is 10.1 Å². The minimum Gasteiger partial charge on any atom is -0.455 e. The van der Waals surface area contributed by atoms with E-state index in [0.717, 1.165) is 21.3 Å². The van der Waals surface area contributed by atoms with Gasteiger partial charge in [-0.2, -0.15) is 0 Å². The molecule has 0 saturated carbocycles. The van der Waals surface area contributed by atoms with Crippen molar-refractivity contribution < 1.29 is 23.9 Å². The molecule has 1 aliphatic heterocycles. The number of fused-ring (bicyclic) bond motifs is 1. The lowest BCUT2D eigenvalue weighted by Gasteiger charge is -2.18. The average Bonchev–Trinajstić information content (AvgIpc) is 3.18. The van der Waals surface area contributed by atoms with Gasteiger partial charge in [0.2, 0.25) is 5.91 Å². The number of carbonyl (C=O) groups is 4. The number of anilines is 1. The molecule has 1 aliphatic rings. The summed E-state index contributed by atoms with van der Waals surface area (Å²) in [5.41, 5.74) is 4.38. The molecule has 3 aromatic rings. The van der Waals surface area contributed by atoms with E-state index in [-0.39, 0.29) is 18.9 Å². The Morgan fingerprint density at radius 3 is 2.55 bits per heavy atom. The normalized spacial score (nSPS) is 15.4. The van der Waals surface area contributed by atoms with Crippen LogP contribution in [0.15, 0.2) is 66.7 Å². The second kappa shape index (κ2) is 9.52. The molecule has 0 aliphatic carbocycles. The highest BCUT2D eigenvalue weighted by molar-refractivity contribution is 6.03. The summed E-state index contributed by atoms with van der Waals surface area (Å²) in [6, 6.07) is 20.1. The van der Waals surface area contributed by atoms with Crippen LogP contribution in [0, 0.1) is 12.8 Å². The molecular weight excluding hydrogens is 422 g/mol. The van der Waals surface area contributed by atoms with Crippen LogP contribution in [0.25, 0.3) is 10.8 Å². The Balaban J connectivity index is 1.30. The number of carbonyl (C=O) groups excluding carboxylic acids is 4. The molecule has 168 valence electrons. The Kier molecular flexibility index (Phi) is 6.35. The van der Waals surface area contributed by atoms with Crippen LogP contribution < -0.4 is 10.7 Å². The third-order valence-corrected chi connectivity index (χ3v) is 5.49. The van der Waals surface area contributed by atoms with E-state index in [1.807, 2.05) is 42.5 Å². The second-order valence-corrected chi connectivity index (χ2v) is 7.84. The zero-order chi connectivity index (χ0) is 23.4. The van der Waals surface area contributed by atoms with Crippen molar-refractivity contribution in [3.63, 3.8) is 0 Å². The first kappa shape index (κ1) is 22.0. The summed E-state index contributed by atoms with van der Waals surface area (Å²) < 4.78 is 5.13. The maximum Gasteiger partial charge on any atom is 0.311 e. The Morgan fingerprint density at radius 2 is 1.73 bits per heavy atom. The first-order chi connectivity index (χ1) is 15.9. The molecule has 3 aromatic carbocycles. The molecule has 3 amide bonds. The Labute approximate surface area is 190 Å². The number of nitrogens with zero attached hydrogens (tertiary/aromatic N) is 1. The minimum atomic E-state index is -0.764. The average molecular weight is 445 g/mol. The van der Waals surface area contributed by atoms with E-state index >= 15 is 0 Å². The van der Waals surface area contributed by atoms with Crippen LogP contribution in [0.5, 0.6) is 0 Å². The Morgan fingerprint density at radius 1 is 1.00 bits per heavy atom. The van der Waals surface area contributed by atoms with Crippen molar-refractivity contribution in [1.82, 2.24) is 10.4 Å². The van der Waals surface area contributed by atoms with E-state index in [1.54, 1.807) is 31.2 Å². The Hall–Kier alpha value is -4.20. The standard InChI is InChI=1S/C25H23N3O5/c1-16-7-2-4-10-19(16)24(31)27-28-14-18(13-23(28)30)25(32)33-15-22(29)26-21-12-6-9-17-8-3-5-11-20(17)21/h2-12,18H,13-15H2,1H3,(H,26,29)(H,27,31)/t18-/m0/s1. The summed E-state index contributed by atoms with van der Waals surface area (Å²) in [7, 11) is 0. The zero-order valence-electron chi connectivity index (χ0n) is 18.0. The van der Waals surface area contributed by atoms with Crippen molar-refractivity contribution in [2.45, 2.75) is 13.3 Å². The second-order valence-electron chi connectivity index (χ2n) is 7.84. The highest BCUT2D eigenvalue weighted by Crippen LogP contribution is 2.23. The van der Waals surface area contributed by atoms with Crippen LogP contribution in [0.2, 0.25) is 0 Å². The molecule has 1 fully saturated rings. The molecule has 0 bridgehead atoms. The van der Waals surface area contributed by atoms with E-state index in [1.165, 1.54) is 0 Å². The number of hydrogen-bond acceptors (Lipinski definition) is 5. The first-order valence-electron chi connectivity index (χ1n) is 10.5. The minimum absolute atomic E-state index is 0.0137. The number of hydrazine groups is 1. The van der Waals surface area contributed by atoms with Gasteiger partial charge in [-0.05, 0) is 30.0 Å². The van der Waals surface area contributed by atoms with Crippen LogP contribution in [0.4, 0.5) is 5.69 Å². The quantitative estimate of drug-likeness (QED) is 0.568. The largest absolute Gasteiger partial charge is 0.455 e. The molecule has 1 saturated heterocycles. The summed E-state index contributed by atoms with van der Waals surface area (Å²) >= 11 is 0. The predicted molar refractivity (Wildman–Crippen MR) is 122 cm³/mol. The number of rotatable bonds is 6. The van der Waals surface area contributed by atoms with Crippen molar-refractivity contribution >= 4 is 40.2 Å². The lowest BCUT2D eigenvalue weighted by molar-refractivity contribution is -0.151. The lowest BCUT2D eigenvalue weighted by Crippen LogP contribution is -2.43. The smallest absolute Gasteiger partial charge is 0.311 e. The third-order valence-electron chi connectivity index (χ3n) is 5.49. The molecule has 1 atom stereocenters. The number of aryl methyl sites for hydroxylation is 1. The van der Waals surface area contributed by atoms with Crippen molar-refractivity contribution in [3.8, 4) is 0 Å². The molecule has 4 rings (SSSR count). The van der Waals surface area contributed by atoms with Gasteiger partial charge in [-0.3, -0.25) is 29.6 Å². The van der Waals surface area contributed by atoms with Gasteiger partial charge in [0.25, 0.3) is 11.8 Å². The van der Waals surface area contributed by atoms with Crippen LogP contribution in [-0.4, -0.2) is 41.9 Å². The fourth-order valence-corrected chi connectivity index (χ4v) is 3.76. The van der Waals surface area contributed by atoms with Gasteiger partial charge in [0.1, 0.15) is 0 Å².